The number of nitrogen functional groups attached to an aromatic ring is 1. The standard InChI is InChI=1S/C25H24ClN7O2S/c1-17-11-12-20(26)13-21(17)29-23(34)16-36-25-32-31-24(33(25)27)30-28-14-19-9-5-6-10-22(19)35-15-18-7-3-2-4-8-18/h2-14H,15-16,27H2,1H3,(H,29,34)(H,30,31)/b28-14+. The number of aromatic nitrogens is 3. The lowest BCUT2D eigenvalue weighted by atomic mass is 10.2. The number of hydrogen-bond donors (Lipinski definition) is 3. The number of carbonyl (C=O) groups excluding carboxylic acids is 1. The van der Waals surface area contributed by atoms with E-state index >= 15 is 0 Å². The van der Waals surface area contributed by atoms with Crippen LogP contribution < -0.4 is 21.3 Å². The summed E-state index contributed by atoms with van der Waals surface area (Å²) in [5, 5.41) is 16.0. The number of halogens is 1. The Balaban J connectivity index is 1.32. The van der Waals surface area contributed by atoms with Gasteiger partial charge in [-0.2, -0.15) is 5.10 Å². The third kappa shape index (κ3) is 6.77. The summed E-state index contributed by atoms with van der Waals surface area (Å²) >= 11 is 7.16. The van der Waals surface area contributed by atoms with E-state index in [9.17, 15) is 4.79 Å². The molecule has 1 heterocycles. The van der Waals surface area contributed by atoms with Crippen LogP contribution in [0.1, 0.15) is 16.7 Å². The number of hydrazone groups is 1. The molecular weight excluding hydrogens is 498 g/mol. The van der Waals surface area contributed by atoms with Crippen molar-refractivity contribution in [1.29, 1.82) is 0 Å². The number of nitrogens with one attached hydrogen (secondary N) is 2. The van der Waals surface area contributed by atoms with E-state index in [1.807, 2.05) is 67.6 Å². The smallest absolute Gasteiger partial charge is 0.264 e. The lowest BCUT2D eigenvalue weighted by molar-refractivity contribution is -0.113. The minimum absolute atomic E-state index is 0.0939. The fourth-order valence-corrected chi connectivity index (χ4v) is 3.94. The molecule has 11 heteroatoms. The molecule has 3 aromatic carbocycles. The van der Waals surface area contributed by atoms with Crippen LogP contribution in [-0.2, 0) is 11.4 Å². The van der Waals surface area contributed by atoms with Crippen LogP contribution in [0, 0.1) is 6.92 Å². The predicted octanol–water partition coefficient (Wildman–Crippen LogP) is 4.71. The van der Waals surface area contributed by atoms with E-state index in [1.54, 1.807) is 18.3 Å². The molecule has 184 valence electrons. The fraction of sp³-hybridized carbons (Fsp3) is 0.120. The van der Waals surface area contributed by atoms with Crippen LogP contribution in [0.5, 0.6) is 5.75 Å². The number of rotatable bonds is 10. The maximum absolute atomic E-state index is 12.3. The topological polar surface area (TPSA) is 119 Å². The van der Waals surface area contributed by atoms with Gasteiger partial charge in [-0.05, 0) is 42.3 Å². The summed E-state index contributed by atoms with van der Waals surface area (Å²) in [7, 11) is 0. The van der Waals surface area contributed by atoms with Crippen molar-refractivity contribution in [2.24, 2.45) is 5.10 Å². The van der Waals surface area contributed by atoms with Crippen LogP contribution >= 0.6 is 23.4 Å². The first kappa shape index (κ1) is 25.1. The SMILES string of the molecule is Cc1ccc(Cl)cc1NC(=O)CSc1nnc(N/N=C/c2ccccc2OCc2ccccc2)n1N. The molecule has 0 radical (unpaired) electrons. The summed E-state index contributed by atoms with van der Waals surface area (Å²) in [5.74, 6) is 6.86. The van der Waals surface area contributed by atoms with Crippen LogP contribution in [0.4, 0.5) is 11.6 Å². The number of anilines is 2. The third-order valence-electron chi connectivity index (χ3n) is 4.99. The second kappa shape index (κ2) is 12.1. The highest BCUT2D eigenvalue weighted by atomic mass is 35.5. The van der Waals surface area contributed by atoms with Crippen molar-refractivity contribution >= 4 is 47.1 Å². The Morgan fingerprint density at radius 1 is 1.14 bits per heavy atom. The van der Waals surface area contributed by atoms with Crippen LogP contribution in [0.2, 0.25) is 5.02 Å². The molecule has 0 spiro atoms. The van der Waals surface area contributed by atoms with Gasteiger partial charge in [-0.15, -0.1) is 10.2 Å². The third-order valence-corrected chi connectivity index (χ3v) is 6.17. The van der Waals surface area contributed by atoms with Gasteiger partial charge in [-0.3, -0.25) is 4.79 Å². The van der Waals surface area contributed by atoms with E-state index in [0.29, 0.717) is 28.2 Å². The van der Waals surface area contributed by atoms with Crippen molar-refractivity contribution in [2.45, 2.75) is 18.7 Å². The Hall–Kier alpha value is -4.02. The number of benzene rings is 3. The average Bonchev–Trinajstić information content (AvgIpc) is 3.24. The zero-order chi connectivity index (χ0) is 25.3. The average molecular weight is 522 g/mol. The second-order valence-corrected chi connectivity index (χ2v) is 9.03. The van der Waals surface area contributed by atoms with Gasteiger partial charge in [0.1, 0.15) is 12.4 Å². The highest BCUT2D eigenvalue weighted by Crippen LogP contribution is 2.22. The first-order valence-electron chi connectivity index (χ1n) is 10.9. The Labute approximate surface area is 217 Å². The number of ether oxygens (including phenoxy) is 1. The summed E-state index contributed by atoms with van der Waals surface area (Å²) in [4.78, 5) is 12.3. The van der Waals surface area contributed by atoms with Crippen molar-refractivity contribution in [3.05, 3.63) is 94.5 Å². The molecule has 0 unspecified atom stereocenters. The molecule has 0 aliphatic heterocycles. The molecule has 0 saturated heterocycles. The number of para-hydroxylation sites is 1. The number of carbonyl (C=O) groups is 1. The normalized spacial score (nSPS) is 10.9. The number of aryl methyl sites for hydroxylation is 1. The second-order valence-electron chi connectivity index (χ2n) is 7.65. The van der Waals surface area contributed by atoms with Gasteiger partial charge in [-0.25, -0.2) is 10.1 Å². The highest BCUT2D eigenvalue weighted by Gasteiger charge is 2.13. The number of thioether (sulfide) groups is 1. The maximum atomic E-state index is 12.3. The molecule has 0 atom stereocenters. The van der Waals surface area contributed by atoms with Crippen LogP contribution in [0.3, 0.4) is 0 Å². The van der Waals surface area contributed by atoms with E-state index < -0.39 is 0 Å². The molecule has 9 nitrogen and oxygen atoms in total. The predicted molar refractivity (Wildman–Crippen MR) is 144 cm³/mol. The van der Waals surface area contributed by atoms with Gasteiger partial charge in [0.2, 0.25) is 11.1 Å². The highest BCUT2D eigenvalue weighted by molar-refractivity contribution is 7.99. The number of nitrogens with two attached hydrogens (primary N) is 1. The van der Waals surface area contributed by atoms with Crippen molar-refractivity contribution in [3.63, 3.8) is 0 Å². The van der Waals surface area contributed by atoms with Crippen LogP contribution in [-0.4, -0.2) is 32.7 Å². The van der Waals surface area contributed by atoms with Crippen molar-refractivity contribution in [1.82, 2.24) is 14.9 Å². The summed E-state index contributed by atoms with van der Waals surface area (Å²) < 4.78 is 7.17. The lowest BCUT2D eigenvalue weighted by Gasteiger charge is -2.09. The zero-order valence-corrected chi connectivity index (χ0v) is 21.0. The molecule has 0 aliphatic carbocycles. The molecule has 0 bridgehead atoms. The van der Waals surface area contributed by atoms with Gasteiger partial charge < -0.3 is 15.9 Å². The molecule has 4 N–H and O–H groups in total. The minimum Gasteiger partial charge on any atom is -0.488 e. The van der Waals surface area contributed by atoms with Crippen molar-refractivity contribution in [3.8, 4) is 5.75 Å². The molecule has 0 aliphatic rings. The van der Waals surface area contributed by atoms with Crippen molar-refractivity contribution in [2.75, 3.05) is 22.3 Å². The van der Waals surface area contributed by atoms with Crippen molar-refractivity contribution < 1.29 is 9.53 Å². The number of hydrogen-bond acceptors (Lipinski definition) is 8. The number of amides is 1. The first-order chi connectivity index (χ1) is 17.5. The molecule has 0 fully saturated rings. The van der Waals surface area contributed by atoms with Gasteiger partial charge in [-0.1, -0.05) is 71.9 Å². The molecule has 36 heavy (non-hydrogen) atoms. The summed E-state index contributed by atoms with van der Waals surface area (Å²) in [6, 6.07) is 22.8. The van der Waals surface area contributed by atoms with E-state index in [1.165, 1.54) is 4.68 Å². The maximum Gasteiger partial charge on any atom is 0.264 e. The van der Waals surface area contributed by atoms with E-state index in [4.69, 9.17) is 22.2 Å². The summed E-state index contributed by atoms with van der Waals surface area (Å²) in [5.41, 5.74) is 6.20. The molecule has 1 amide bonds. The lowest BCUT2D eigenvalue weighted by Crippen LogP contribution is -2.17. The molecule has 1 aromatic heterocycles. The summed E-state index contributed by atoms with van der Waals surface area (Å²) in [6.45, 7) is 2.34. The molecule has 0 saturated carbocycles. The fourth-order valence-electron chi connectivity index (χ4n) is 3.11. The molecule has 4 aromatic rings. The van der Waals surface area contributed by atoms with E-state index in [2.05, 4.69) is 26.0 Å². The minimum atomic E-state index is -0.215. The van der Waals surface area contributed by atoms with Gasteiger partial charge in [0.15, 0.2) is 0 Å². The van der Waals surface area contributed by atoms with E-state index in [0.717, 1.165) is 28.5 Å². The molecular formula is C25H24ClN7O2S. The Kier molecular flexibility index (Phi) is 8.43. The Morgan fingerprint density at radius 2 is 1.92 bits per heavy atom. The Bertz CT molecular complexity index is 1360. The van der Waals surface area contributed by atoms with Crippen LogP contribution in [0.15, 0.2) is 83.1 Å². The molecule has 4 rings (SSSR count). The van der Waals surface area contributed by atoms with Crippen LogP contribution in [0.25, 0.3) is 0 Å². The first-order valence-corrected chi connectivity index (χ1v) is 12.3. The zero-order valence-electron chi connectivity index (χ0n) is 19.4. The quantitative estimate of drug-likeness (QED) is 0.120. The number of nitrogens with zero attached hydrogens (tertiary/aromatic N) is 4. The van der Waals surface area contributed by atoms with Gasteiger partial charge >= 0.3 is 0 Å². The van der Waals surface area contributed by atoms with E-state index in [-0.39, 0.29) is 17.6 Å². The largest absolute Gasteiger partial charge is 0.488 e. The monoisotopic (exact) mass is 521 g/mol. The van der Waals surface area contributed by atoms with Gasteiger partial charge in [0, 0.05) is 16.3 Å². The van der Waals surface area contributed by atoms with Gasteiger partial charge in [0.05, 0.1) is 12.0 Å². The van der Waals surface area contributed by atoms with Gasteiger partial charge in [0.25, 0.3) is 5.95 Å². The summed E-state index contributed by atoms with van der Waals surface area (Å²) in [6.07, 6.45) is 1.61. The Morgan fingerprint density at radius 3 is 2.75 bits per heavy atom.